The molecular weight excluding hydrogens is 464 g/mol. The highest BCUT2D eigenvalue weighted by molar-refractivity contribution is 7.92. The van der Waals surface area contributed by atoms with Gasteiger partial charge in [0.1, 0.15) is 28.7 Å². The molecule has 1 N–H and O–H groups in total. The molecule has 1 aromatic carbocycles. The summed E-state index contributed by atoms with van der Waals surface area (Å²) in [5.74, 6) is -1.34. The van der Waals surface area contributed by atoms with E-state index in [1.807, 2.05) is 14.0 Å². The Labute approximate surface area is 197 Å². The van der Waals surface area contributed by atoms with Gasteiger partial charge in [-0.2, -0.15) is 0 Å². The Morgan fingerprint density at radius 2 is 1.79 bits per heavy atom. The second kappa shape index (κ2) is 9.59. The van der Waals surface area contributed by atoms with E-state index < -0.39 is 26.6 Å². The summed E-state index contributed by atoms with van der Waals surface area (Å²) in [7, 11) is -2.36. The van der Waals surface area contributed by atoms with Crippen molar-refractivity contribution in [2.75, 3.05) is 29.9 Å². The minimum atomic E-state index is -4.32. The normalized spacial score (nSPS) is 14.7. The predicted molar refractivity (Wildman–Crippen MR) is 124 cm³/mol. The zero-order valence-electron chi connectivity index (χ0n) is 19.0. The first kappa shape index (κ1) is 24.0. The summed E-state index contributed by atoms with van der Waals surface area (Å²) in [4.78, 5) is 14.6. The molecule has 1 saturated heterocycles. The highest BCUT2D eigenvalue weighted by Gasteiger charge is 2.25. The maximum atomic E-state index is 14.2. The summed E-state index contributed by atoms with van der Waals surface area (Å²) in [5, 5.41) is 0. The molecule has 1 fully saturated rings. The third-order valence-corrected chi connectivity index (χ3v) is 7.29. The number of hydrogen-bond acceptors (Lipinski definition) is 7. The van der Waals surface area contributed by atoms with Crippen molar-refractivity contribution in [3.8, 4) is 11.1 Å². The first-order chi connectivity index (χ1) is 16.2. The van der Waals surface area contributed by atoms with E-state index in [1.54, 1.807) is 19.2 Å². The highest BCUT2D eigenvalue weighted by Crippen LogP contribution is 2.34. The van der Waals surface area contributed by atoms with Crippen molar-refractivity contribution < 1.29 is 21.9 Å². The third-order valence-electron chi connectivity index (χ3n) is 5.89. The number of sulfonamides is 1. The lowest BCUT2D eigenvalue weighted by atomic mass is 10.0. The maximum Gasteiger partial charge on any atom is 0.264 e. The van der Waals surface area contributed by atoms with E-state index >= 15 is 0 Å². The Morgan fingerprint density at radius 1 is 1.06 bits per heavy atom. The van der Waals surface area contributed by atoms with E-state index in [0.717, 1.165) is 30.5 Å². The van der Waals surface area contributed by atoms with E-state index in [-0.39, 0.29) is 11.7 Å². The average molecular weight is 490 g/mol. The van der Waals surface area contributed by atoms with E-state index in [1.165, 1.54) is 6.33 Å². The van der Waals surface area contributed by atoms with Gasteiger partial charge in [0.2, 0.25) is 0 Å². The van der Waals surface area contributed by atoms with Crippen LogP contribution in [0.5, 0.6) is 0 Å². The summed E-state index contributed by atoms with van der Waals surface area (Å²) in [6.07, 6.45) is 4.84. The summed E-state index contributed by atoms with van der Waals surface area (Å²) in [6, 6.07) is 4.16. The van der Waals surface area contributed by atoms with Crippen LogP contribution in [0.15, 0.2) is 41.7 Å². The molecule has 0 bridgehead atoms. The fourth-order valence-corrected chi connectivity index (χ4v) is 5.15. The second-order valence-electron chi connectivity index (χ2n) is 8.15. The highest BCUT2D eigenvalue weighted by atomic mass is 32.2. The van der Waals surface area contributed by atoms with Crippen molar-refractivity contribution in [2.24, 2.45) is 0 Å². The van der Waals surface area contributed by atoms with Crippen LogP contribution in [0.3, 0.4) is 0 Å². The number of nitrogens with zero attached hydrogens (tertiary/aromatic N) is 4. The lowest BCUT2D eigenvalue weighted by molar-refractivity contribution is 0.0854. The van der Waals surface area contributed by atoms with Gasteiger partial charge in [-0.25, -0.2) is 27.2 Å². The van der Waals surface area contributed by atoms with Gasteiger partial charge in [0.25, 0.3) is 10.0 Å². The minimum absolute atomic E-state index is 0.171. The molecule has 11 heteroatoms. The van der Waals surface area contributed by atoms with Gasteiger partial charge >= 0.3 is 0 Å². The molecule has 0 aliphatic carbocycles. The largest absolute Gasteiger partial charge is 0.381 e. The average Bonchev–Trinajstić information content (AvgIpc) is 2.80. The van der Waals surface area contributed by atoms with Crippen LogP contribution in [-0.4, -0.2) is 49.7 Å². The molecule has 3 heterocycles. The van der Waals surface area contributed by atoms with Crippen LogP contribution in [0.1, 0.15) is 24.2 Å². The molecule has 8 nitrogen and oxygen atoms in total. The molecule has 0 spiro atoms. The second-order valence-corrected chi connectivity index (χ2v) is 9.80. The Balaban J connectivity index is 1.73. The molecule has 0 atom stereocenters. The first-order valence-corrected chi connectivity index (χ1v) is 12.2. The Bertz CT molecular complexity index is 1310. The van der Waals surface area contributed by atoms with Crippen LogP contribution in [0, 0.1) is 25.5 Å². The molecule has 0 unspecified atom stereocenters. The number of hydrogen-bond donors (Lipinski definition) is 1. The SMILES string of the molecule is Cc1ncc(-c2c(C)ncnc2N(C)C2CCOCC2)cc1NS(=O)(=O)c1ccc(F)cc1F. The first-order valence-electron chi connectivity index (χ1n) is 10.7. The number of nitrogens with one attached hydrogen (secondary N) is 1. The van der Waals surface area contributed by atoms with E-state index in [9.17, 15) is 17.2 Å². The predicted octanol–water partition coefficient (Wildman–Crippen LogP) is 3.85. The maximum absolute atomic E-state index is 14.2. The quantitative estimate of drug-likeness (QED) is 0.562. The van der Waals surface area contributed by atoms with Crippen molar-refractivity contribution in [3.05, 3.63) is 59.8 Å². The van der Waals surface area contributed by atoms with Gasteiger partial charge in [-0.3, -0.25) is 9.71 Å². The fraction of sp³-hybridized carbons (Fsp3) is 0.348. The number of rotatable bonds is 6. The molecule has 0 saturated carbocycles. The van der Waals surface area contributed by atoms with Crippen LogP contribution in [0.4, 0.5) is 20.3 Å². The summed E-state index contributed by atoms with van der Waals surface area (Å²) in [6.45, 7) is 4.82. The molecule has 1 aliphatic rings. The molecule has 34 heavy (non-hydrogen) atoms. The van der Waals surface area contributed by atoms with Crippen LogP contribution in [-0.2, 0) is 14.8 Å². The van der Waals surface area contributed by atoms with Crippen molar-refractivity contribution in [1.29, 1.82) is 0 Å². The zero-order chi connectivity index (χ0) is 24.5. The van der Waals surface area contributed by atoms with Gasteiger partial charge in [0.15, 0.2) is 0 Å². The van der Waals surface area contributed by atoms with Gasteiger partial charge < -0.3 is 9.64 Å². The van der Waals surface area contributed by atoms with Gasteiger partial charge in [0, 0.05) is 49.7 Å². The topological polar surface area (TPSA) is 97.3 Å². The van der Waals surface area contributed by atoms with Gasteiger partial charge in [-0.1, -0.05) is 0 Å². The van der Waals surface area contributed by atoms with Crippen LogP contribution < -0.4 is 9.62 Å². The summed E-state index contributed by atoms with van der Waals surface area (Å²) in [5.41, 5.74) is 2.59. The number of aryl methyl sites for hydroxylation is 2. The van der Waals surface area contributed by atoms with Gasteiger partial charge in [-0.05, 0) is 44.9 Å². The number of benzene rings is 1. The summed E-state index contributed by atoms with van der Waals surface area (Å²) >= 11 is 0. The van der Waals surface area contributed by atoms with Crippen molar-refractivity contribution in [1.82, 2.24) is 15.0 Å². The number of halogens is 2. The Hall–Kier alpha value is -3.18. The smallest absolute Gasteiger partial charge is 0.264 e. The molecule has 3 aromatic rings. The van der Waals surface area contributed by atoms with E-state index in [4.69, 9.17) is 4.74 Å². The van der Waals surface area contributed by atoms with Crippen molar-refractivity contribution in [3.63, 3.8) is 0 Å². The van der Waals surface area contributed by atoms with Crippen molar-refractivity contribution >= 4 is 21.5 Å². The molecule has 4 rings (SSSR count). The Morgan fingerprint density at radius 3 is 2.50 bits per heavy atom. The fourth-order valence-electron chi connectivity index (χ4n) is 3.98. The standard InChI is InChI=1S/C23H25F2N5O3S/c1-14-20(29-34(31,32)21-5-4-17(24)11-19(21)25)10-16(12-26-14)22-15(2)27-13-28-23(22)30(3)18-6-8-33-9-7-18/h4-5,10-13,18,29H,6-9H2,1-3H3. The minimum Gasteiger partial charge on any atom is -0.381 e. The van der Waals surface area contributed by atoms with Crippen molar-refractivity contribution in [2.45, 2.75) is 37.6 Å². The van der Waals surface area contributed by atoms with Crippen LogP contribution >= 0.6 is 0 Å². The van der Waals surface area contributed by atoms with E-state index in [2.05, 4.69) is 24.6 Å². The molecule has 1 aliphatic heterocycles. The van der Waals surface area contributed by atoms with Gasteiger partial charge in [-0.15, -0.1) is 0 Å². The molecule has 0 amide bonds. The lowest BCUT2D eigenvalue weighted by Gasteiger charge is -2.33. The third kappa shape index (κ3) is 4.85. The molecule has 2 aromatic heterocycles. The van der Waals surface area contributed by atoms with Gasteiger partial charge in [0.05, 0.1) is 17.1 Å². The monoisotopic (exact) mass is 489 g/mol. The Kier molecular flexibility index (Phi) is 6.76. The van der Waals surface area contributed by atoms with E-state index in [0.29, 0.717) is 42.0 Å². The molecule has 0 radical (unpaired) electrons. The van der Waals surface area contributed by atoms with Crippen LogP contribution in [0.2, 0.25) is 0 Å². The lowest BCUT2D eigenvalue weighted by Crippen LogP contribution is -2.37. The molecule has 180 valence electrons. The zero-order valence-corrected chi connectivity index (χ0v) is 19.9. The van der Waals surface area contributed by atoms with Crippen LogP contribution in [0.25, 0.3) is 11.1 Å². The molecular formula is C23H25F2N5O3S. The summed E-state index contributed by atoms with van der Waals surface area (Å²) < 4.78 is 60.9. The number of anilines is 2. The number of pyridine rings is 1. The number of aromatic nitrogens is 3. The number of ether oxygens (including phenoxy) is 1.